The van der Waals surface area contributed by atoms with Gasteiger partial charge in [0, 0.05) is 27.5 Å². The molecular weight excluding hydrogens is 607 g/mol. The molecule has 1 aliphatic heterocycles. The lowest BCUT2D eigenvalue weighted by Gasteiger charge is -2.39. The first-order valence-corrected chi connectivity index (χ1v) is 17.2. The molecule has 3 nitrogen and oxygen atoms in total. The van der Waals surface area contributed by atoms with Crippen molar-refractivity contribution in [2.75, 3.05) is 0 Å². The summed E-state index contributed by atoms with van der Waals surface area (Å²) in [4.78, 5) is 10.3. The van der Waals surface area contributed by atoms with Gasteiger partial charge >= 0.3 is 0 Å². The molecule has 50 heavy (non-hydrogen) atoms. The van der Waals surface area contributed by atoms with Crippen molar-refractivity contribution in [3.05, 3.63) is 198 Å². The summed E-state index contributed by atoms with van der Waals surface area (Å²) in [5.74, 6) is 0.717. The Bertz CT molecular complexity index is 2710. The van der Waals surface area contributed by atoms with Crippen molar-refractivity contribution in [2.24, 2.45) is 0 Å². The van der Waals surface area contributed by atoms with Crippen molar-refractivity contribution >= 4 is 21.8 Å². The smallest absolute Gasteiger partial charge is 0.160 e. The van der Waals surface area contributed by atoms with Crippen LogP contribution in [-0.2, 0) is 5.41 Å². The first kappa shape index (κ1) is 27.4. The Morgan fingerprint density at radius 2 is 0.960 bits per heavy atom. The van der Waals surface area contributed by atoms with Crippen LogP contribution in [0.15, 0.2) is 176 Å². The maximum atomic E-state index is 5.17. The molecule has 3 heterocycles. The van der Waals surface area contributed by atoms with Crippen LogP contribution in [0.1, 0.15) is 22.3 Å². The summed E-state index contributed by atoms with van der Waals surface area (Å²) in [6.45, 7) is 0. The van der Waals surface area contributed by atoms with E-state index in [0.29, 0.717) is 0 Å². The standard InChI is InChI=1S/C47H29N3/c1-3-14-30(15-4-1)41-29-42(31-16-5-2-6-17-31)49-46(48-41)32-26-27-43-36(28-32)35-20-13-24-40-45(35)50(43)44-25-12-11-23-39(44)47(40)37-21-9-7-18-33(37)34-19-8-10-22-38(34)47/h1-29H. The molecule has 2 aromatic heterocycles. The van der Waals surface area contributed by atoms with Gasteiger partial charge in [0.25, 0.3) is 0 Å². The van der Waals surface area contributed by atoms with Gasteiger partial charge in [-0.3, -0.25) is 0 Å². The van der Waals surface area contributed by atoms with Gasteiger partial charge in [0.2, 0.25) is 0 Å². The molecule has 11 rings (SSSR count). The van der Waals surface area contributed by atoms with Crippen LogP contribution in [0.4, 0.5) is 0 Å². The zero-order valence-electron chi connectivity index (χ0n) is 27.1. The molecular formula is C47H29N3. The van der Waals surface area contributed by atoms with E-state index in [0.717, 1.165) is 33.9 Å². The van der Waals surface area contributed by atoms with E-state index in [9.17, 15) is 0 Å². The summed E-state index contributed by atoms with van der Waals surface area (Å²) in [5, 5.41) is 2.43. The molecule has 1 spiro atoms. The molecule has 0 N–H and O–H groups in total. The molecule has 7 aromatic carbocycles. The molecule has 0 saturated heterocycles. The number of fused-ring (bicyclic) bond motifs is 12. The molecule has 9 aromatic rings. The number of para-hydroxylation sites is 2. The van der Waals surface area contributed by atoms with Crippen LogP contribution < -0.4 is 0 Å². The molecule has 1 aliphatic carbocycles. The number of rotatable bonds is 3. The highest BCUT2D eigenvalue weighted by Gasteiger charge is 2.50. The van der Waals surface area contributed by atoms with E-state index in [-0.39, 0.29) is 0 Å². The Morgan fingerprint density at radius 1 is 0.400 bits per heavy atom. The van der Waals surface area contributed by atoms with Gasteiger partial charge in [-0.1, -0.05) is 146 Å². The SMILES string of the molecule is c1ccc(-c2cc(-c3ccccc3)nc(-c3ccc4c(c3)c3cccc5c3n4-c3ccccc3C53c4ccccc4-c4ccccc43)n2)cc1. The van der Waals surface area contributed by atoms with Gasteiger partial charge in [0.15, 0.2) is 5.82 Å². The highest BCUT2D eigenvalue weighted by molar-refractivity contribution is 6.13. The van der Waals surface area contributed by atoms with Crippen LogP contribution in [0, 0.1) is 0 Å². The zero-order chi connectivity index (χ0) is 32.8. The third-order valence-corrected chi connectivity index (χ3v) is 10.8. The first-order chi connectivity index (χ1) is 24.8. The topological polar surface area (TPSA) is 30.7 Å². The van der Waals surface area contributed by atoms with Gasteiger partial charge in [-0.05, 0) is 63.7 Å². The van der Waals surface area contributed by atoms with Gasteiger partial charge in [-0.25, -0.2) is 9.97 Å². The number of benzene rings is 7. The maximum Gasteiger partial charge on any atom is 0.160 e. The second-order valence-electron chi connectivity index (χ2n) is 13.3. The zero-order valence-corrected chi connectivity index (χ0v) is 27.1. The van der Waals surface area contributed by atoms with Crippen molar-refractivity contribution in [1.82, 2.24) is 14.5 Å². The number of hydrogen-bond acceptors (Lipinski definition) is 2. The fourth-order valence-electron chi connectivity index (χ4n) is 8.80. The van der Waals surface area contributed by atoms with Crippen molar-refractivity contribution in [1.29, 1.82) is 0 Å². The Kier molecular flexibility index (Phi) is 5.59. The first-order valence-electron chi connectivity index (χ1n) is 17.2. The lowest BCUT2D eigenvalue weighted by atomic mass is 9.65. The minimum Gasteiger partial charge on any atom is -0.309 e. The monoisotopic (exact) mass is 635 g/mol. The predicted octanol–water partition coefficient (Wildman–Crippen LogP) is 11.3. The Hall–Kier alpha value is -6.58. The van der Waals surface area contributed by atoms with E-state index in [2.05, 4.69) is 168 Å². The third-order valence-electron chi connectivity index (χ3n) is 10.8. The minimum atomic E-state index is -0.422. The van der Waals surface area contributed by atoms with E-state index in [1.807, 2.05) is 12.1 Å². The Balaban J connectivity index is 1.20. The van der Waals surface area contributed by atoms with Gasteiger partial charge in [-0.15, -0.1) is 0 Å². The largest absolute Gasteiger partial charge is 0.309 e. The molecule has 232 valence electrons. The number of hydrogen-bond donors (Lipinski definition) is 0. The highest BCUT2D eigenvalue weighted by Crippen LogP contribution is 2.60. The van der Waals surface area contributed by atoms with Gasteiger partial charge < -0.3 is 4.57 Å². The molecule has 0 radical (unpaired) electrons. The van der Waals surface area contributed by atoms with E-state index in [1.165, 1.54) is 60.9 Å². The van der Waals surface area contributed by atoms with Gasteiger partial charge in [-0.2, -0.15) is 0 Å². The van der Waals surface area contributed by atoms with Crippen molar-refractivity contribution < 1.29 is 0 Å². The third kappa shape index (κ3) is 3.58. The summed E-state index contributed by atoms with van der Waals surface area (Å²) in [6, 6.07) is 63.5. The van der Waals surface area contributed by atoms with Gasteiger partial charge in [0.1, 0.15) is 0 Å². The van der Waals surface area contributed by atoms with Crippen LogP contribution >= 0.6 is 0 Å². The predicted molar refractivity (Wildman–Crippen MR) is 204 cm³/mol. The van der Waals surface area contributed by atoms with E-state index in [1.54, 1.807) is 0 Å². The molecule has 0 saturated carbocycles. The molecule has 3 heteroatoms. The quantitative estimate of drug-likeness (QED) is 0.193. The lowest BCUT2D eigenvalue weighted by Crippen LogP contribution is -2.33. The molecule has 0 amide bonds. The van der Waals surface area contributed by atoms with E-state index < -0.39 is 5.41 Å². The van der Waals surface area contributed by atoms with Crippen LogP contribution in [-0.4, -0.2) is 14.5 Å². The molecule has 2 aliphatic rings. The molecule has 0 bridgehead atoms. The Morgan fingerprint density at radius 3 is 1.62 bits per heavy atom. The van der Waals surface area contributed by atoms with Crippen molar-refractivity contribution in [2.45, 2.75) is 5.41 Å². The number of aromatic nitrogens is 3. The summed E-state index contributed by atoms with van der Waals surface area (Å²) in [5.41, 5.74) is 16.1. The Labute approximate surface area is 289 Å². The summed E-state index contributed by atoms with van der Waals surface area (Å²) in [7, 11) is 0. The van der Waals surface area contributed by atoms with Crippen molar-refractivity contribution in [3.63, 3.8) is 0 Å². The second kappa shape index (κ2) is 10.2. The molecule has 0 unspecified atom stereocenters. The maximum absolute atomic E-state index is 5.17. The summed E-state index contributed by atoms with van der Waals surface area (Å²) in [6.07, 6.45) is 0. The number of nitrogens with zero attached hydrogens (tertiary/aromatic N) is 3. The minimum absolute atomic E-state index is 0.422. The summed E-state index contributed by atoms with van der Waals surface area (Å²) >= 11 is 0. The average Bonchev–Trinajstić information content (AvgIpc) is 3.69. The highest BCUT2D eigenvalue weighted by atomic mass is 15.0. The van der Waals surface area contributed by atoms with Crippen LogP contribution in [0.2, 0.25) is 0 Å². The molecule has 0 atom stereocenters. The van der Waals surface area contributed by atoms with Crippen molar-refractivity contribution in [3.8, 4) is 50.7 Å². The lowest BCUT2D eigenvalue weighted by molar-refractivity contribution is 0.748. The average molecular weight is 636 g/mol. The fraction of sp³-hybridized carbons (Fsp3) is 0.0213. The molecule has 0 fully saturated rings. The van der Waals surface area contributed by atoms with Crippen LogP contribution in [0.3, 0.4) is 0 Å². The van der Waals surface area contributed by atoms with Crippen LogP contribution in [0.5, 0.6) is 0 Å². The van der Waals surface area contributed by atoms with Crippen LogP contribution in [0.25, 0.3) is 72.5 Å². The normalized spacial score (nSPS) is 13.4. The van der Waals surface area contributed by atoms with E-state index in [4.69, 9.17) is 9.97 Å². The summed E-state index contributed by atoms with van der Waals surface area (Å²) < 4.78 is 2.49. The van der Waals surface area contributed by atoms with Gasteiger partial charge in [0.05, 0.1) is 33.5 Å². The van der Waals surface area contributed by atoms with E-state index >= 15 is 0 Å². The second-order valence-corrected chi connectivity index (χ2v) is 13.3. The fourth-order valence-corrected chi connectivity index (χ4v) is 8.80.